The van der Waals surface area contributed by atoms with E-state index in [1.54, 1.807) is 19.1 Å². The van der Waals surface area contributed by atoms with Gasteiger partial charge in [-0.15, -0.1) is 0 Å². The van der Waals surface area contributed by atoms with Crippen molar-refractivity contribution >= 4 is 6.21 Å². The lowest BCUT2D eigenvalue weighted by Gasteiger charge is -1.95. The van der Waals surface area contributed by atoms with Crippen molar-refractivity contribution in [3.8, 4) is 6.07 Å². The van der Waals surface area contributed by atoms with E-state index >= 15 is 0 Å². The molecule has 0 aliphatic heterocycles. The van der Waals surface area contributed by atoms with Crippen LogP contribution < -0.4 is 0 Å². The lowest BCUT2D eigenvalue weighted by molar-refractivity contribution is 0.321. The summed E-state index contributed by atoms with van der Waals surface area (Å²) >= 11 is 0. The maximum absolute atomic E-state index is 8.57. The Hall–Kier alpha value is -1.89. The molecule has 1 aromatic heterocycles. The van der Waals surface area contributed by atoms with Crippen molar-refractivity contribution < 1.29 is 5.21 Å². The van der Waals surface area contributed by atoms with Crippen molar-refractivity contribution in [1.82, 2.24) is 4.98 Å². The number of nitrogens with zero attached hydrogens (tertiary/aromatic N) is 3. The standard InChI is InChI=1S/C8H7N3O/c1-6-2-7(4-9)3-8(11-6)5-10-12/h2-3,5,12H,1H3/b10-5+. The minimum absolute atomic E-state index is 0.481. The highest BCUT2D eigenvalue weighted by atomic mass is 16.4. The number of aryl methyl sites for hydroxylation is 1. The highest BCUT2D eigenvalue weighted by molar-refractivity contribution is 5.77. The van der Waals surface area contributed by atoms with Crippen LogP contribution in [-0.4, -0.2) is 16.4 Å². The molecule has 0 saturated heterocycles. The third-order valence-electron chi connectivity index (χ3n) is 1.29. The second-order valence-electron chi connectivity index (χ2n) is 2.28. The van der Waals surface area contributed by atoms with Crippen LogP contribution in [0.2, 0.25) is 0 Å². The van der Waals surface area contributed by atoms with Crippen LogP contribution >= 0.6 is 0 Å². The molecule has 0 amide bonds. The Morgan fingerprint density at radius 1 is 1.67 bits per heavy atom. The van der Waals surface area contributed by atoms with E-state index in [-0.39, 0.29) is 0 Å². The first-order valence-corrected chi connectivity index (χ1v) is 3.32. The molecule has 4 nitrogen and oxygen atoms in total. The molecule has 0 aliphatic carbocycles. The smallest absolute Gasteiger partial charge is 0.0993 e. The summed E-state index contributed by atoms with van der Waals surface area (Å²) in [6, 6.07) is 5.19. The lowest BCUT2D eigenvalue weighted by atomic mass is 10.2. The molecule has 0 spiro atoms. The highest BCUT2D eigenvalue weighted by Gasteiger charge is 1.96. The Balaban J connectivity index is 3.17. The van der Waals surface area contributed by atoms with Gasteiger partial charge in [-0.3, -0.25) is 4.98 Å². The van der Waals surface area contributed by atoms with E-state index in [0.717, 1.165) is 5.69 Å². The molecule has 1 N–H and O–H groups in total. The van der Waals surface area contributed by atoms with Crippen LogP contribution in [0.3, 0.4) is 0 Å². The van der Waals surface area contributed by atoms with Gasteiger partial charge in [0.25, 0.3) is 0 Å². The molecule has 0 aliphatic rings. The molecule has 12 heavy (non-hydrogen) atoms. The number of hydrogen-bond acceptors (Lipinski definition) is 4. The second-order valence-corrected chi connectivity index (χ2v) is 2.28. The summed E-state index contributed by atoms with van der Waals surface area (Å²) in [6.45, 7) is 1.77. The molecule has 0 saturated carbocycles. The van der Waals surface area contributed by atoms with Crippen LogP contribution in [0, 0.1) is 18.3 Å². The van der Waals surface area contributed by atoms with E-state index in [9.17, 15) is 0 Å². The number of aromatic nitrogens is 1. The first-order chi connectivity index (χ1) is 5.76. The quantitative estimate of drug-likeness (QED) is 0.380. The van der Waals surface area contributed by atoms with Crippen LogP contribution in [-0.2, 0) is 0 Å². The van der Waals surface area contributed by atoms with Gasteiger partial charge in [0.2, 0.25) is 0 Å². The molecule has 1 rings (SSSR count). The Labute approximate surface area is 69.8 Å². The average molecular weight is 161 g/mol. The summed E-state index contributed by atoms with van der Waals surface area (Å²) in [4.78, 5) is 4.01. The van der Waals surface area contributed by atoms with Crippen molar-refractivity contribution in [2.75, 3.05) is 0 Å². The van der Waals surface area contributed by atoms with Crippen molar-refractivity contribution in [1.29, 1.82) is 5.26 Å². The molecule has 1 heterocycles. The number of hydrogen-bond donors (Lipinski definition) is 1. The molecule has 0 radical (unpaired) electrons. The van der Waals surface area contributed by atoms with E-state index < -0.39 is 0 Å². The van der Waals surface area contributed by atoms with Gasteiger partial charge in [-0.05, 0) is 19.1 Å². The molecule has 0 fully saturated rings. The fraction of sp³-hybridized carbons (Fsp3) is 0.125. The molecule has 0 bridgehead atoms. The highest BCUT2D eigenvalue weighted by Crippen LogP contribution is 2.02. The van der Waals surface area contributed by atoms with Crippen molar-refractivity contribution in [2.45, 2.75) is 6.92 Å². The molecule has 0 atom stereocenters. The SMILES string of the molecule is Cc1cc(C#N)cc(/C=N/O)n1. The van der Waals surface area contributed by atoms with Crippen molar-refractivity contribution in [2.24, 2.45) is 5.16 Å². The summed E-state index contributed by atoms with van der Waals surface area (Å²) in [6.07, 6.45) is 1.19. The van der Waals surface area contributed by atoms with E-state index in [2.05, 4.69) is 10.1 Å². The molecule has 1 aromatic rings. The normalized spacial score (nSPS) is 10.0. The zero-order chi connectivity index (χ0) is 8.97. The van der Waals surface area contributed by atoms with Gasteiger partial charge in [-0.1, -0.05) is 5.16 Å². The van der Waals surface area contributed by atoms with E-state index in [4.69, 9.17) is 10.5 Å². The molecule has 60 valence electrons. The van der Waals surface area contributed by atoms with Gasteiger partial charge in [0.05, 0.1) is 23.5 Å². The predicted octanol–water partition coefficient (Wildman–Crippen LogP) is 1.07. The van der Waals surface area contributed by atoms with Gasteiger partial charge in [0.15, 0.2) is 0 Å². The Bertz CT molecular complexity index is 352. The minimum Gasteiger partial charge on any atom is -0.411 e. The van der Waals surface area contributed by atoms with Crippen LogP contribution in [0.4, 0.5) is 0 Å². The van der Waals surface area contributed by atoms with Crippen LogP contribution in [0.1, 0.15) is 17.0 Å². The van der Waals surface area contributed by atoms with Crippen molar-refractivity contribution in [3.05, 3.63) is 29.1 Å². The Morgan fingerprint density at radius 3 is 3.00 bits per heavy atom. The zero-order valence-corrected chi connectivity index (χ0v) is 6.52. The zero-order valence-electron chi connectivity index (χ0n) is 6.52. The Morgan fingerprint density at radius 2 is 2.42 bits per heavy atom. The number of pyridine rings is 1. The van der Waals surface area contributed by atoms with Gasteiger partial charge in [-0.25, -0.2) is 0 Å². The number of nitriles is 1. The largest absolute Gasteiger partial charge is 0.411 e. The maximum atomic E-state index is 8.57. The third-order valence-corrected chi connectivity index (χ3v) is 1.29. The van der Waals surface area contributed by atoms with Crippen LogP contribution in [0.5, 0.6) is 0 Å². The minimum atomic E-state index is 0.481. The fourth-order valence-corrected chi connectivity index (χ4v) is 0.884. The van der Waals surface area contributed by atoms with Gasteiger partial charge < -0.3 is 5.21 Å². The van der Waals surface area contributed by atoms with E-state index in [1.807, 2.05) is 6.07 Å². The Kier molecular flexibility index (Phi) is 2.38. The number of rotatable bonds is 1. The monoisotopic (exact) mass is 161 g/mol. The van der Waals surface area contributed by atoms with Gasteiger partial charge in [0, 0.05) is 5.69 Å². The van der Waals surface area contributed by atoms with Gasteiger partial charge in [0.1, 0.15) is 0 Å². The predicted molar refractivity (Wildman–Crippen MR) is 43.1 cm³/mol. The second kappa shape index (κ2) is 3.49. The van der Waals surface area contributed by atoms with Crippen LogP contribution in [0.15, 0.2) is 17.3 Å². The molecule has 0 unspecified atom stereocenters. The lowest BCUT2D eigenvalue weighted by Crippen LogP contribution is -1.92. The van der Waals surface area contributed by atoms with E-state index in [1.165, 1.54) is 6.21 Å². The third kappa shape index (κ3) is 1.80. The maximum Gasteiger partial charge on any atom is 0.0993 e. The summed E-state index contributed by atoms with van der Waals surface area (Å²) in [7, 11) is 0. The molecular weight excluding hydrogens is 154 g/mol. The van der Waals surface area contributed by atoms with Crippen molar-refractivity contribution in [3.63, 3.8) is 0 Å². The summed E-state index contributed by atoms with van der Waals surface area (Å²) in [5, 5.41) is 19.6. The van der Waals surface area contributed by atoms with Crippen LogP contribution in [0.25, 0.3) is 0 Å². The van der Waals surface area contributed by atoms with Gasteiger partial charge in [-0.2, -0.15) is 5.26 Å². The average Bonchev–Trinajstić information content (AvgIpc) is 2.04. The fourth-order valence-electron chi connectivity index (χ4n) is 0.884. The topological polar surface area (TPSA) is 69.3 Å². The van der Waals surface area contributed by atoms with E-state index in [0.29, 0.717) is 11.3 Å². The van der Waals surface area contributed by atoms with Gasteiger partial charge >= 0.3 is 0 Å². The molecule has 0 aromatic carbocycles. The summed E-state index contributed by atoms with van der Waals surface area (Å²) < 4.78 is 0. The first-order valence-electron chi connectivity index (χ1n) is 3.32. The summed E-state index contributed by atoms with van der Waals surface area (Å²) in [5.41, 5.74) is 1.72. The summed E-state index contributed by atoms with van der Waals surface area (Å²) in [5.74, 6) is 0. The molecular formula is C8H7N3O. The number of oxime groups is 1. The first kappa shape index (κ1) is 8.21. The molecule has 4 heteroatoms.